The molecular formula is C19H30O3. The summed E-state index contributed by atoms with van der Waals surface area (Å²) in [7, 11) is 0. The Bertz CT molecular complexity index is 452. The van der Waals surface area contributed by atoms with Crippen LogP contribution in [0.25, 0.3) is 0 Å². The van der Waals surface area contributed by atoms with E-state index in [1.807, 2.05) is 19.9 Å². The lowest BCUT2D eigenvalue weighted by molar-refractivity contribution is -0.159. The van der Waals surface area contributed by atoms with Crippen LogP contribution in [-0.2, 0) is 9.53 Å². The maximum absolute atomic E-state index is 12.2. The molecule has 0 heterocycles. The number of aliphatic hydroxyl groups is 1. The van der Waals surface area contributed by atoms with Gasteiger partial charge in [0, 0.05) is 12.3 Å². The van der Waals surface area contributed by atoms with Gasteiger partial charge < -0.3 is 9.84 Å². The molecule has 0 radical (unpaired) electrons. The van der Waals surface area contributed by atoms with E-state index in [4.69, 9.17) is 4.74 Å². The molecule has 3 nitrogen and oxygen atoms in total. The molecule has 1 unspecified atom stereocenters. The lowest BCUT2D eigenvalue weighted by Gasteiger charge is -2.42. The molecule has 0 fully saturated rings. The van der Waals surface area contributed by atoms with Crippen molar-refractivity contribution < 1.29 is 14.6 Å². The van der Waals surface area contributed by atoms with Crippen molar-refractivity contribution in [2.24, 2.45) is 23.7 Å². The Labute approximate surface area is 134 Å². The van der Waals surface area contributed by atoms with Crippen molar-refractivity contribution in [3.8, 4) is 0 Å². The minimum absolute atomic E-state index is 0.0762. The van der Waals surface area contributed by atoms with Crippen LogP contribution in [0.3, 0.4) is 0 Å². The highest BCUT2D eigenvalue weighted by Gasteiger charge is 2.41. The largest absolute Gasteiger partial charge is 0.461 e. The van der Waals surface area contributed by atoms with Gasteiger partial charge in [0.15, 0.2) is 0 Å². The molecule has 0 aromatic rings. The Morgan fingerprint density at radius 1 is 1.45 bits per heavy atom. The molecule has 0 saturated carbocycles. The van der Waals surface area contributed by atoms with Crippen molar-refractivity contribution in [2.75, 3.05) is 0 Å². The van der Waals surface area contributed by atoms with Gasteiger partial charge in [0.05, 0.1) is 12.0 Å². The molecule has 0 bridgehead atoms. The zero-order valence-corrected chi connectivity index (χ0v) is 14.3. The third-order valence-electron chi connectivity index (χ3n) is 5.28. The minimum Gasteiger partial charge on any atom is -0.461 e. The van der Waals surface area contributed by atoms with Crippen LogP contribution in [0.4, 0.5) is 0 Å². The number of carbonyl (C=O) groups excluding carboxylic acids is 1. The number of allylic oxidation sites excluding steroid dienone is 2. The van der Waals surface area contributed by atoms with Crippen molar-refractivity contribution in [1.82, 2.24) is 0 Å². The summed E-state index contributed by atoms with van der Waals surface area (Å²) in [5, 5.41) is 10.1. The van der Waals surface area contributed by atoms with Crippen LogP contribution in [0.2, 0.25) is 0 Å². The van der Waals surface area contributed by atoms with Gasteiger partial charge >= 0.3 is 5.97 Å². The molecule has 2 aliphatic rings. The van der Waals surface area contributed by atoms with Gasteiger partial charge in [-0.15, -0.1) is 0 Å². The molecule has 22 heavy (non-hydrogen) atoms. The smallest absolute Gasteiger partial charge is 0.308 e. The van der Waals surface area contributed by atoms with Gasteiger partial charge in [-0.2, -0.15) is 0 Å². The molecule has 3 heteroatoms. The van der Waals surface area contributed by atoms with Crippen molar-refractivity contribution in [1.29, 1.82) is 0 Å². The summed E-state index contributed by atoms with van der Waals surface area (Å²) in [6.07, 6.45) is 9.16. The molecule has 2 aliphatic carbocycles. The Morgan fingerprint density at radius 3 is 2.82 bits per heavy atom. The van der Waals surface area contributed by atoms with E-state index in [2.05, 4.69) is 26.0 Å². The van der Waals surface area contributed by atoms with Gasteiger partial charge in [0.25, 0.3) is 0 Å². The number of hydrogen-bond acceptors (Lipinski definition) is 3. The zero-order valence-electron chi connectivity index (χ0n) is 14.3. The van der Waals surface area contributed by atoms with Crippen LogP contribution >= 0.6 is 0 Å². The Balaban J connectivity index is 2.24. The highest BCUT2D eigenvalue weighted by Crippen LogP contribution is 2.43. The van der Waals surface area contributed by atoms with E-state index in [1.165, 1.54) is 0 Å². The number of rotatable bonds is 5. The fourth-order valence-electron chi connectivity index (χ4n) is 3.75. The van der Waals surface area contributed by atoms with Gasteiger partial charge in [-0.25, -0.2) is 0 Å². The van der Waals surface area contributed by atoms with E-state index in [1.54, 1.807) is 0 Å². The molecule has 2 rings (SSSR count). The maximum Gasteiger partial charge on any atom is 0.308 e. The van der Waals surface area contributed by atoms with Gasteiger partial charge in [-0.1, -0.05) is 52.3 Å². The molecule has 6 atom stereocenters. The predicted molar refractivity (Wildman–Crippen MR) is 88.2 cm³/mol. The van der Waals surface area contributed by atoms with Gasteiger partial charge in [-0.05, 0) is 30.3 Å². The van der Waals surface area contributed by atoms with Crippen molar-refractivity contribution >= 4 is 5.97 Å². The van der Waals surface area contributed by atoms with E-state index < -0.39 is 6.10 Å². The number of fused-ring (bicyclic) bond motifs is 1. The third-order valence-corrected chi connectivity index (χ3v) is 5.28. The number of hydrogen-bond donors (Lipinski definition) is 1. The summed E-state index contributed by atoms with van der Waals surface area (Å²) in [5.74, 6) is 1.01. The first kappa shape index (κ1) is 17.3. The fourth-order valence-corrected chi connectivity index (χ4v) is 3.75. The van der Waals surface area contributed by atoms with E-state index in [0.717, 1.165) is 24.8 Å². The van der Waals surface area contributed by atoms with Gasteiger partial charge in [0.1, 0.15) is 6.10 Å². The third kappa shape index (κ3) is 3.62. The monoisotopic (exact) mass is 306 g/mol. The predicted octanol–water partition coefficient (Wildman–Crippen LogP) is 3.87. The van der Waals surface area contributed by atoms with Crippen LogP contribution in [0.1, 0.15) is 53.4 Å². The van der Waals surface area contributed by atoms with E-state index in [9.17, 15) is 9.90 Å². The molecule has 0 saturated heterocycles. The number of esters is 1. The average Bonchev–Trinajstić information content (AvgIpc) is 2.49. The van der Waals surface area contributed by atoms with Crippen LogP contribution < -0.4 is 0 Å². The minimum atomic E-state index is -0.513. The molecule has 0 amide bonds. The lowest BCUT2D eigenvalue weighted by Crippen LogP contribution is -2.42. The Morgan fingerprint density at radius 2 is 2.18 bits per heavy atom. The van der Waals surface area contributed by atoms with Crippen molar-refractivity contribution in [2.45, 2.75) is 65.6 Å². The topological polar surface area (TPSA) is 46.5 Å². The number of aliphatic hydroxyl groups excluding tert-OH is 1. The van der Waals surface area contributed by atoms with Gasteiger partial charge in [0.2, 0.25) is 0 Å². The highest BCUT2D eigenvalue weighted by molar-refractivity contribution is 5.72. The molecule has 0 aromatic heterocycles. The van der Waals surface area contributed by atoms with Gasteiger partial charge in [-0.3, -0.25) is 4.79 Å². The summed E-state index contributed by atoms with van der Waals surface area (Å²) >= 11 is 0. The van der Waals surface area contributed by atoms with Crippen LogP contribution in [0.5, 0.6) is 0 Å². The lowest BCUT2D eigenvalue weighted by atomic mass is 9.66. The summed E-state index contributed by atoms with van der Waals surface area (Å²) < 4.78 is 5.84. The molecule has 0 aromatic carbocycles. The number of ether oxygens (including phenoxy) is 1. The molecular weight excluding hydrogens is 276 g/mol. The first-order valence-corrected chi connectivity index (χ1v) is 8.76. The van der Waals surface area contributed by atoms with E-state index in [0.29, 0.717) is 18.3 Å². The molecule has 1 N–H and O–H groups in total. The van der Waals surface area contributed by atoms with Crippen LogP contribution in [0, 0.1) is 23.7 Å². The van der Waals surface area contributed by atoms with E-state index in [-0.39, 0.29) is 23.9 Å². The first-order chi connectivity index (χ1) is 10.5. The Hall–Kier alpha value is -1.09. The average molecular weight is 306 g/mol. The molecule has 124 valence electrons. The van der Waals surface area contributed by atoms with Crippen LogP contribution in [0.15, 0.2) is 23.8 Å². The van der Waals surface area contributed by atoms with Crippen molar-refractivity contribution in [3.05, 3.63) is 23.8 Å². The Kier molecular flexibility index (Phi) is 5.85. The highest BCUT2D eigenvalue weighted by atomic mass is 16.5. The molecule has 0 aliphatic heterocycles. The summed E-state index contributed by atoms with van der Waals surface area (Å²) in [4.78, 5) is 12.2. The summed E-state index contributed by atoms with van der Waals surface area (Å²) in [6, 6.07) is 0. The quantitative estimate of drug-likeness (QED) is 0.784. The summed E-state index contributed by atoms with van der Waals surface area (Å²) in [6.45, 7) is 8.35. The summed E-state index contributed by atoms with van der Waals surface area (Å²) in [5.41, 5.74) is 1.15. The second kappa shape index (κ2) is 7.45. The SMILES string of the molecule is CCC[C@@H]1[C@@H]2C(=C[C@@H](O)CC2OC(=O)[C@@H](C)CC)C=C[C@@H]1C. The van der Waals surface area contributed by atoms with E-state index >= 15 is 0 Å². The fraction of sp³-hybridized carbons (Fsp3) is 0.737. The first-order valence-electron chi connectivity index (χ1n) is 8.76. The van der Waals surface area contributed by atoms with Crippen LogP contribution in [-0.4, -0.2) is 23.3 Å². The second-order valence-corrected chi connectivity index (χ2v) is 6.95. The maximum atomic E-state index is 12.2. The number of carbonyl (C=O) groups is 1. The van der Waals surface area contributed by atoms with Crippen molar-refractivity contribution in [3.63, 3.8) is 0 Å². The molecule has 0 spiro atoms. The zero-order chi connectivity index (χ0) is 16.3. The second-order valence-electron chi connectivity index (χ2n) is 6.95. The standard InChI is InChI=1S/C19H30O3/c1-5-7-16-13(4)8-9-14-10-15(20)11-17(18(14)16)22-19(21)12(3)6-2/h8-10,12-13,15-18,20H,5-7,11H2,1-4H3/t12-,13-,15+,16-,17?,18-/m0/s1. The normalized spacial score (nSPS) is 35.5.